The van der Waals surface area contributed by atoms with Gasteiger partial charge in [0.2, 0.25) is 0 Å². The van der Waals surface area contributed by atoms with E-state index in [-0.39, 0.29) is 0 Å². The lowest BCUT2D eigenvalue weighted by atomic mass is 10.3. The zero-order valence-electron chi connectivity index (χ0n) is 11.2. The topological polar surface area (TPSA) is 18.5 Å². The van der Waals surface area contributed by atoms with Gasteiger partial charge < -0.3 is 9.47 Å². The summed E-state index contributed by atoms with van der Waals surface area (Å²) in [5.41, 5.74) is 0. The van der Waals surface area contributed by atoms with E-state index in [2.05, 4.69) is 19.6 Å². The third-order valence-corrected chi connectivity index (χ3v) is 2.53. The Morgan fingerprint density at radius 2 is 1.67 bits per heavy atom. The van der Waals surface area contributed by atoms with Crippen LogP contribution in [0.4, 0.5) is 0 Å². The molecule has 0 bridgehead atoms. The summed E-state index contributed by atoms with van der Waals surface area (Å²) in [5.74, 6) is 0. The molecule has 1 aromatic rings. The second-order valence-corrected chi connectivity index (χ2v) is 4.29. The van der Waals surface area contributed by atoms with E-state index in [9.17, 15) is 0 Å². The smallest absolute Gasteiger partial charge is 0.0701 e. The predicted molar refractivity (Wildman–Crippen MR) is 80.2 cm³/mol. The Balaban J connectivity index is 0.000000243. The van der Waals surface area contributed by atoms with Gasteiger partial charge in [-0.25, -0.2) is 0 Å². The number of ether oxygens (including phenoxy) is 2. The highest BCUT2D eigenvalue weighted by molar-refractivity contribution is 7.07. The van der Waals surface area contributed by atoms with Crippen LogP contribution >= 0.6 is 11.3 Å². The second kappa shape index (κ2) is 16.1. The molecule has 0 saturated carbocycles. The maximum absolute atomic E-state index is 4.94. The standard InChI is InChI=1S/C7H12.C4H8O2.C4H4S/c1-3-5-7-6-4-2;1-2-6-4-3-5-1;1-2-4-5-3-1/h3,5,7H,1,4,6H2,2H3;1-4H2;1-4H. The maximum Gasteiger partial charge on any atom is 0.0701 e. The van der Waals surface area contributed by atoms with E-state index in [0.29, 0.717) is 0 Å². The van der Waals surface area contributed by atoms with Gasteiger partial charge in [-0.3, -0.25) is 0 Å². The Kier molecular flexibility index (Phi) is 15.3. The molecule has 0 amide bonds. The molecule has 1 aromatic heterocycles. The Morgan fingerprint density at radius 3 is 1.94 bits per heavy atom. The van der Waals surface area contributed by atoms with Crippen molar-refractivity contribution in [1.29, 1.82) is 0 Å². The molecule has 0 radical (unpaired) electrons. The van der Waals surface area contributed by atoms with E-state index >= 15 is 0 Å². The molecule has 3 heteroatoms. The summed E-state index contributed by atoms with van der Waals surface area (Å²) in [6.07, 6.45) is 8.29. The van der Waals surface area contributed by atoms with E-state index < -0.39 is 0 Å². The zero-order valence-corrected chi connectivity index (χ0v) is 12.0. The van der Waals surface area contributed by atoms with E-state index in [0.717, 1.165) is 26.4 Å². The third-order valence-electron chi connectivity index (χ3n) is 1.90. The SMILES string of the molecule is C1COCCO1.C=CC=CCCC.c1ccsc1. The van der Waals surface area contributed by atoms with Crippen molar-refractivity contribution in [1.82, 2.24) is 0 Å². The molecule has 1 aliphatic heterocycles. The van der Waals surface area contributed by atoms with Crippen LogP contribution < -0.4 is 0 Å². The number of thiophene rings is 1. The number of hydrogen-bond donors (Lipinski definition) is 0. The summed E-state index contributed by atoms with van der Waals surface area (Å²) < 4.78 is 9.89. The van der Waals surface area contributed by atoms with Gasteiger partial charge in [0.15, 0.2) is 0 Å². The molecular weight excluding hydrogens is 244 g/mol. The molecule has 18 heavy (non-hydrogen) atoms. The van der Waals surface area contributed by atoms with Gasteiger partial charge in [-0.15, -0.1) is 0 Å². The number of hydrogen-bond acceptors (Lipinski definition) is 3. The normalized spacial score (nSPS) is 14.1. The van der Waals surface area contributed by atoms with Crippen molar-refractivity contribution in [2.45, 2.75) is 19.8 Å². The molecule has 0 N–H and O–H groups in total. The van der Waals surface area contributed by atoms with Crippen LogP contribution in [0.1, 0.15) is 19.8 Å². The van der Waals surface area contributed by atoms with E-state index in [4.69, 9.17) is 9.47 Å². The fourth-order valence-electron chi connectivity index (χ4n) is 1.03. The molecule has 0 spiro atoms. The lowest BCUT2D eigenvalue weighted by molar-refractivity contribution is -0.0334. The van der Waals surface area contributed by atoms with Crippen molar-refractivity contribution in [2.24, 2.45) is 0 Å². The van der Waals surface area contributed by atoms with E-state index in [1.54, 1.807) is 17.4 Å². The molecule has 2 rings (SSSR count). The second-order valence-electron chi connectivity index (χ2n) is 3.47. The largest absolute Gasteiger partial charge is 0.377 e. The van der Waals surface area contributed by atoms with Crippen molar-refractivity contribution in [3.63, 3.8) is 0 Å². The van der Waals surface area contributed by atoms with Gasteiger partial charge in [-0.05, 0) is 17.2 Å². The van der Waals surface area contributed by atoms with Crippen LogP contribution in [0, 0.1) is 0 Å². The maximum atomic E-state index is 4.94. The van der Waals surface area contributed by atoms with E-state index in [1.165, 1.54) is 12.8 Å². The molecule has 102 valence electrons. The van der Waals surface area contributed by atoms with Crippen LogP contribution in [0.3, 0.4) is 0 Å². The number of allylic oxidation sites excluding steroid dienone is 3. The predicted octanol–water partition coefficient (Wildman–Crippen LogP) is 4.31. The highest BCUT2D eigenvalue weighted by Gasteiger charge is 1.94. The average molecular weight is 268 g/mol. The summed E-state index contributed by atoms with van der Waals surface area (Å²) in [6, 6.07) is 4.04. The molecule has 2 heterocycles. The Bertz CT molecular complexity index is 235. The van der Waals surface area contributed by atoms with Crippen LogP contribution in [0.15, 0.2) is 47.7 Å². The van der Waals surface area contributed by atoms with Gasteiger partial charge in [0.05, 0.1) is 26.4 Å². The molecule has 0 atom stereocenters. The highest BCUT2D eigenvalue weighted by atomic mass is 32.1. The first-order chi connectivity index (χ1) is 8.91. The monoisotopic (exact) mass is 268 g/mol. The molecule has 1 saturated heterocycles. The molecule has 1 aliphatic rings. The highest BCUT2D eigenvalue weighted by Crippen LogP contribution is 1.91. The summed E-state index contributed by atoms with van der Waals surface area (Å²) in [4.78, 5) is 0. The van der Waals surface area contributed by atoms with Crippen molar-refractivity contribution in [3.8, 4) is 0 Å². The summed E-state index contributed by atoms with van der Waals surface area (Å²) in [6.45, 7) is 8.82. The van der Waals surface area contributed by atoms with Gasteiger partial charge in [-0.2, -0.15) is 11.3 Å². The van der Waals surface area contributed by atoms with Crippen LogP contribution in [0.5, 0.6) is 0 Å². The summed E-state index contributed by atoms with van der Waals surface area (Å²) in [5, 5.41) is 4.08. The third kappa shape index (κ3) is 15.1. The molecule has 2 nitrogen and oxygen atoms in total. The quantitative estimate of drug-likeness (QED) is 0.761. The summed E-state index contributed by atoms with van der Waals surface area (Å²) >= 11 is 1.71. The number of unbranched alkanes of at least 4 members (excludes halogenated alkanes) is 1. The summed E-state index contributed by atoms with van der Waals surface area (Å²) in [7, 11) is 0. The first-order valence-corrected chi connectivity index (χ1v) is 7.26. The average Bonchev–Trinajstić information content (AvgIpc) is 3.01. The first-order valence-electron chi connectivity index (χ1n) is 6.32. The van der Waals surface area contributed by atoms with E-state index in [1.807, 2.05) is 29.0 Å². The van der Waals surface area contributed by atoms with Gasteiger partial charge in [0.1, 0.15) is 0 Å². The fraction of sp³-hybridized carbons (Fsp3) is 0.467. The molecule has 0 aliphatic carbocycles. The van der Waals surface area contributed by atoms with Crippen LogP contribution in [0.2, 0.25) is 0 Å². The molecular formula is C15H24O2S. The van der Waals surface area contributed by atoms with Gasteiger partial charge in [0.25, 0.3) is 0 Å². The minimum atomic E-state index is 0.778. The van der Waals surface area contributed by atoms with Gasteiger partial charge in [0, 0.05) is 0 Å². The van der Waals surface area contributed by atoms with Gasteiger partial charge >= 0.3 is 0 Å². The Morgan fingerprint density at radius 1 is 1.11 bits per heavy atom. The molecule has 0 unspecified atom stereocenters. The van der Waals surface area contributed by atoms with Crippen molar-refractivity contribution < 1.29 is 9.47 Å². The van der Waals surface area contributed by atoms with Gasteiger partial charge in [-0.1, -0.05) is 50.3 Å². The lowest BCUT2D eigenvalue weighted by Crippen LogP contribution is -2.16. The molecule has 0 aromatic carbocycles. The Labute approximate surface area is 115 Å². The lowest BCUT2D eigenvalue weighted by Gasteiger charge is -2.09. The fourth-order valence-corrected chi connectivity index (χ4v) is 1.48. The van der Waals surface area contributed by atoms with Crippen LogP contribution in [0.25, 0.3) is 0 Å². The molecule has 1 fully saturated rings. The minimum absolute atomic E-state index is 0.778. The minimum Gasteiger partial charge on any atom is -0.377 e. The van der Waals surface area contributed by atoms with Crippen molar-refractivity contribution >= 4 is 11.3 Å². The number of rotatable bonds is 3. The van der Waals surface area contributed by atoms with Crippen LogP contribution in [-0.2, 0) is 9.47 Å². The van der Waals surface area contributed by atoms with Crippen molar-refractivity contribution in [3.05, 3.63) is 47.7 Å². The Hall–Kier alpha value is -0.900. The first kappa shape index (κ1) is 17.1. The zero-order chi connectivity index (χ0) is 13.3. The van der Waals surface area contributed by atoms with Crippen LogP contribution in [-0.4, -0.2) is 26.4 Å². The van der Waals surface area contributed by atoms with Crippen molar-refractivity contribution in [2.75, 3.05) is 26.4 Å².